The van der Waals surface area contributed by atoms with Crippen LogP contribution in [0.1, 0.15) is 5.56 Å². The van der Waals surface area contributed by atoms with E-state index in [-0.39, 0.29) is 5.91 Å². The quantitative estimate of drug-likeness (QED) is 0.430. The molecule has 4 rings (SSSR count). The summed E-state index contributed by atoms with van der Waals surface area (Å²) in [5, 5.41) is 4.11. The minimum absolute atomic E-state index is 0.00635. The van der Waals surface area contributed by atoms with Gasteiger partial charge in [0.1, 0.15) is 0 Å². The Kier molecular flexibility index (Phi) is 4.99. The predicted octanol–water partition coefficient (Wildman–Crippen LogP) is 5.87. The molecule has 0 saturated carbocycles. The first-order chi connectivity index (χ1) is 13.2. The third kappa shape index (κ3) is 3.91. The summed E-state index contributed by atoms with van der Waals surface area (Å²) in [6, 6.07) is 26.3. The van der Waals surface area contributed by atoms with Gasteiger partial charge in [-0.1, -0.05) is 66.2 Å². The van der Waals surface area contributed by atoms with E-state index in [1.165, 1.54) is 5.56 Å². The van der Waals surface area contributed by atoms with Gasteiger partial charge in [-0.2, -0.15) is 0 Å². The van der Waals surface area contributed by atoms with E-state index >= 15 is 0 Å². The highest BCUT2D eigenvalue weighted by molar-refractivity contribution is 8.00. The second kappa shape index (κ2) is 7.72. The summed E-state index contributed by atoms with van der Waals surface area (Å²) in [6.45, 7) is 2.03. The van der Waals surface area contributed by atoms with Gasteiger partial charge in [0, 0.05) is 21.5 Å². The number of aromatic amines is 1. The summed E-state index contributed by atoms with van der Waals surface area (Å²) >= 11 is 1.57. The number of benzene rings is 3. The molecular formula is C23H20N2OS. The van der Waals surface area contributed by atoms with Gasteiger partial charge in [-0.3, -0.25) is 4.79 Å². The van der Waals surface area contributed by atoms with Crippen LogP contribution < -0.4 is 5.32 Å². The van der Waals surface area contributed by atoms with Crippen LogP contribution in [0.15, 0.2) is 83.8 Å². The molecule has 0 atom stereocenters. The first-order valence-corrected chi connectivity index (χ1v) is 9.85. The summed E-state index contributed by atoms with van der Waals surface area (Å²) in [5.41, 5.74) is 5.26. The van der Waals surface area contributed by atoms with Crippen LogP contribution in [0.25, 0.3) is 22.2 Å². The molecule has 1 amide bonds. The van der Waals surface area contributed by atoms with Gasteiger partial charge in [0.2, 0.25) is 5.91 Å². The van der Waals surface area contributed by atoms with Crippen LogP contribution in [-0.2, 0) is 4.79 Å². The third-order valence-corrected chi connectivity index (χ3v) is 5.52. The molecule has 1 aromatic heterocycles. The minimum atomic E-state index is -0.00635. The lowest BCUT2D eigenvalue weighted by Crippen LogP contribution is -2.13. The number of fused-ring (bicyclic) bond motifs is 1. The summed E-state index contributed by atoms with van der Waals surface area (Å²) in [5.74, 6) is 0.350. The zero-order chi connectivity index (χ0) is 18.6. The van der Waals surface area contributed by atoms with Crippen molar-refractivity contribution in [3.63, 3.8) is 0 Å². The number of hydrogen-bond donors (Lipinski definition) is 2. The summed E-state index contributed by atoms with van der Waals surface area (Å²) < 4.78 is 0. The van der Waals surface area contributed by atoms with Crippen LogP contribution in [0.5, 0.6) is 0 Å². The van der Waals surface area contributed by atoms with Crippen molar-refractivity contribution >= 4 is 34.3 Å². The Labute approximate surface area is 162 Å². The fourth-order valence-corrected chi connectivity index (χ4v) is 4.04. The number of aromatic nitrogens is 1. The Morgan fingerprint density at radius 2 is 1.63 bits per heavy atom. The molecule has 4 heteroatoms. The molecule has 0 fully saturated rings. The van der Waals surface area contributed by atoms with Crippen LogP contribution in [-0.4, -0.2) is 16.6 Å². The molecule has 3 aromatic carbocycles. The largest absolute Gasteiger partial charge is 0.354 e. The van der Waals surface area contributed by atoms with Gasteiger partial charge in [0.25, 0.3) is 0 Å². The third-order valence-electron chi connectivity index (χ3n) is 4.40. The van der Waals surface area contributed by atoms with Gasteiger partial charge in [-0.15, -0.1) is 11.8 Å². The highest BCUT2D eigenvalue weighted by atomic mass is 32.2. The number of aryl methyl sites for hydroxylation is 1. The number of rotatable bonds is 5. The monoisotopic (exact) mass is 372 g/mol. The number of amides is 1. The van der Waals surface area contributed by atoms with Crippen molar-refractivity contribution in [2.75, 3.05) is 11.1 Å². The van der Waals surface area contributed by atoms with Crippen molar-refractivity contribution in [3.8, 4) is 11.3 Å². The Morgan fingerprint density at radius 1 is 0.926 bits per heavy atom. The lowest BCUT2D eigenvalue weighted by Gasteiger charge is -2.07. The summed E-state index contributed by atoms with van der Waals surface area (Å²) in [7, 11) is 0. The number of anilines is 1. The van der Waals surface area contributed by atoms with E-state index in [1.54, 1.807) is 11.8 Å². The molecule has 0 spiro atoms. The zero-order valence-electron chi connectivity index (χ0n) is 15.0. The van der Waals surface area contributed by atoms with Crippen LogP contribution in [0.2, 0.25) is 0 Å². The second-order valence-electron chi connectivity index (χ2n) is 6.44. The van der Waals surface area contributed by atoms with Gasteiger partial charge < -0.3 is 10.3 Å². The maximum absolute atomic E-state index is 12.4. The van der Waals surface area contributed by atoms with Crippen molar-refractivity contribution in [1.82, 2.24) is 4.98 Å². The van der Waals surface area contributed by atoms with E-state index in [2.05, 4.69) is 34.6 Å². The molecule has 0 unspecified atom stereocenters. The number of hydrogen-bond acceptors (Lipinski definition) is 2. The lowest BCUT2D eigenvalue weighted by molar-refractivity contribution is -0.113. The van der Waals surface area contributed by atoms with Crippen LogP contribution in [0.3, 0.4) is 0 Å². The molecule has 0 saturated heterocycles. The second-order valence-corrected chi connectivity index (χ2v) is 7.43. The highest BCUT2D eigenvalue weighted by Gasteiger charge is 2.15. The fourth-order valence-electron chi connectivity index (χ4n) is 3.05. The predicted molar refractivity (Wildman–Crippen MR) is 114 cm³/mol. The Hall–Kier alpha value is -2.98. The Bertz CT molecular complexity index is 1070. The topological polar surface area (TPSA) is 44.9 Å². The van der Waals surface area contributed by atoms with Crippen molar-refractivity contribution in [2.45, 2.75) is 11.8 Å². The van der Waals surface area contributed by atoms with Gasteiger partial charge in [-0.25, -0.2) is 0 Å². The van der Waals surface area contributed by atoms with Crippen LogP contribution in [0.4, 0.5) is 5.69 Å². The summed E-state index contributed by atoms with van der Waals surface area (Å²) in [6.07, 6.45) is 0. The molecule has 0 aliphatic heterocycles. The number of nitrogens with one attached hydrogen (secondary N) is 2. The number of thioether (sulfide) groups is 1. The SMILES string of the molecule is Cc1ccc(NC(=O)CSc2c(-c3ccccc3)[nH]c3ccccc23)cc1. The van der Waals surface area contributed by atoms with E-state index < -0.39 is 0 Å². The van der Waals surface area contributed by atoms with E-state index in [9.17, 15) is 4.79 Å². The maximum atomic E-state index is 12.4. The van der Waals surface area contributed by atoms with E-state index in [4.69, 9.17) is 0 Å². The Balaban J connectivity index is 1.57. The first-order valence-electron chi connectivity index (χ1n) is 8.86. The maximum Gasteiger partial charge on any atom is 0.234 e. The number of para-hydroxylation sites is 1. The van der Waals surface area contributed by atoms with Crippen LogP contribution >= 0.6 is 11.8 Å². The average molecular weight is 372 g/mol. The van der Waals surface area contributed by atoms with Crippen molar-refractivity contribution in [3.05, 3.63) is 84.4 Å². The van der Waals surface area contributed by atoms with Crippen LogP contribution in [0, 0.1) is 6.92 Å². The minimum Gasteiger partial charge on any atom is -0.354 e. The molecule has 27 heavy (non-hydrogen) atoms. The highest BCUT2D eigenvalue weighted by Crippen LogP contribution is 2.37. The molecule has 134 valence electrons. The van der Waals surface area contributed by atoms with E-state index in [1.807, 2.05) is 61.5 Å². The molecule has 0 radical (unpaired) electrons. The first kappa shape index (κ1) is 17.4. The van der Waals surface area contributed by atoms with Crippen molar-refractivity contribution in [1.29, 1.82) is 0 Å². The molecule has 4 aromatic rings. The lowest BCUT2D eigenvalue weighted by atomic mass is 10.1. The zero-order valence-corrected chi connectivity index (χ0v) is 15.8. The normalized spacial score (nSPS) is 10.9. The van der Waals surface area contributed by atoms with E-state index in [0.717, 1.165) is 32.7 Å². The smallest absolute Gasteiger partial charge is 0.234 e. The Morgan fingerprint density at radius 3 is 2.41 bits per heavy atom. The van der Waals surface area contributed by atoms with Crippen molar-refractivity contribution < 1.29 is 4.79 Å². The number of H-pyrrole nitrogens is 1. The number of carbonyl (C=O) groups is 1. The van der Waals surface area contributed by atoms with Gasteiger partial charge in [0.15, 0.2) is 0 Å². The summed E-state index contributed by atoms with van der Waals surface area (Å²) in [4.78, 5) is 17.0. The van der Waals surface area contributed by atoms with E-state index in [0.29, 0.717) is 5.75 Å². The molecule has 1 heterocycles. The molecule has 0 bridgehead atoms. The fraction of sp³-hybridized carbons (Fsp3) is 0.0870. The molecule has 0 aliphatic carbocycles. The molecule has 2 N–H and O–H groups in total. The van der Waals surface area contributed by atoms with Gasteiger partial charge in [0.05, 0.1) is 11.4 Å². The standard InChI is InChI=1S/C23H20N2OS/c1-16-11-13-18(14-12-16)24-21(26)15-27-23-19-9-5-6-10-20(19)25-22(23)17-7-3-2-4-8-17/h2-14,25H,15H2,1H3,(H,24,26). The van der Waals surface area contributed by atoms with Gasteiger partial charge in [-0.05, 0) is 30.7 Å². The molecule has 0 aliphatic rings. The van der Waals surface area contributed by atoms with Crippen molar-refractivity contribution in [2.24, 2.45) is 0 Å². The molecule has 3 nitrogen and oxygen atoms in total. The number of carbonyl (C=O) groups excluding carboxylic acids is 1. The average Bonchev–Trinajstić information content (AvgIpc) is 3.07. The van der Waals surface area contributed by atoms with Gasteiger partial charge >= 0.3 is 0 Å². The molecular weight excluding hydrogens is 352 g/mol.